The van der Waals surface area contributed by atoms with Crippen LogP contribution in [0.25, 0.3) is 0 Å². The Morgan fingerprint density at radius 2 is 2.27 bits per heavy atom. The summed E-state index contributed by atoms with van der Waals surface area (Å²) in [5, 5.41) is 4.36. The van der Waals surface area contributed by atoms with Crippen LogP contribution in [0.3, 0.4) is 0 Å². The van der Waals surface area contributed by atoms with Crippen LogP contribution in [0.15, 0.2) is 6.20 Å². The molecular weight excluding hydrogens is 190 g/mol. The van der Waals surface area contributed by atoms with Gasteiger partial charge in [0.05, 0.1) is 18.3 Å². The van der Waals surface area contributed by atoms with Gasteiger partial charge in [0.2, 0.25) is 0 Å². The molecular formula is C11H21N3O. The van der Waals surface area contributed by atoms with Crippen molar-refractivity contribution in [3.05, 3.63) is 17.5 Å². The van der Waals surface area contributed by atoms with E-state index in [0.29, 0.717) is 6.61 Å². The highest BCUT2D eigenvalue weighted by Crippen LogP contribution is 2.15. The van der Waals surface area contributed by atoms with E-state index in [4.69, 9.17) is 10.5 Å². The fraction of sp³-hybridized carbons (Fsp3) is 0.727. The average molecular weight is 211 g/mol. The maximum Gasteiger partial charge on any atom is 0.0670 e. The Morgan fingerprint density at radius 1 is 1.53 bits per heavy atom. The Morgan fingerprint density at radius 3 is 2.87 bits per heavy atom. The van der Waals surface area contributed by atoms with E-state index in [-0.39, 0.29) is 6.04 Å². The highest BCUT2D eigenvalue weighted by atomic mass is 16.5. The summed E-state index contributed by atoms with van der Waals surface area (Å²) in [4.78, 5) is 0. The number of ether oxygens (including phenoxy) is 1. The first-order valence-corrected chi connectivity index (χ1v) is 5.54. The van der Waals surface area contributed by atoms with Crippen LogP contribution in [0.5, 0.6) is 0 Å². The monoisotopic (exact) mass is 211 g/mol. The Kier molecular flexibility index (Phi) is 4.78. The smallest absolute Gasteiger partial charge is 0.0670 e. The predicted octanol–water partition coefficient (Wildman–Crippen LogP) is 1.41. The first-order valence-electron chi connectivity index (χ1n) is 5.54. The van der Waals surface area contributed by atoms with Crippen molar-refractivity contribution in [1.29, 1.82) is 0 Å². The van der Waals surface area contributed by atoms with Crippen LogP contribution in [0.4, 0.5) is 0 Å². The van der Waals surface area contributed by atoms with E-state index in [9.17, 15) is 0 Å². The first-order chi connectivity index (χ1) is 7.19. The van der Waals surface area contributed by atoms with Crippen LogP contribution >= 0.6 is 0 Å². The largest absolute Gasteiger partial charge is 0.379 e. The maximum absolute atomic E-state index is 6.05. The van der Waals surface area contributed by atoms with Crippen LogP contribution in [0.1, 0.15) is 37.6 Å². The normalized spacial score (nSPS) is 13.1. The summed E-state index contributed by atoms with van der Waals surface area (Å²) in [6.45, 7) is 5.53. The highest BCUT2D eigenvalue weighted by Gasteiger charge is 2.13. The highest BCUT2D eigenvalue weighted by molar-refractivity contribution is 5.21. The Bertz CT molecular complexity index is 296. The van der Waals surface area contributed by atoms with Crippen LogP contribution < -0.4 is 5.73 Å². The molecule has 0 radical (unpaired) electrons. The summed E-state index contributed by atoms with van der Waals surface area (Å²) in [6, 6.07) is -0.0554. The van der Waals surface area contributed by atoms with Gasteiger partial charge >= 0.3 is 0 Å². The summed E-state index contributed by atoms with van der Waals surface area (Å²) in [7, 11) is 1.92. The summed E-state index contributed by atoms with van der Waals surface area (Å²) in [6.07, 6.45) is 3.93. The molecule has 15 heavy (non-hydrogen) atoms. The third kappa shape index (κ3) is 3.32. The molecule has 0 saturated carbocycles. The molecule has 2 N–H and O–H groups in total. The molecule has 1 aromatic rings. The van der Waals surface area contributed by atoms with Gasteiger partial charge in [0.15, 0.2) is 0 Å². The van der Waals surface area contributed by atoms with Gasteiger partial charge in [-0.25, -0.2) is 0 Å². The fourth-order valence-corrected chi connectivity index (χ4v) is 1.58. The van der Waals surface area contributed by atoms with Gasteiger partial charge < -0.3 is 10.5 Å². The van der Waals surface area contributed by atoms with E-state index >= 15 is 0 Å². The second kappa shape index (κ2) is 5.88. The second-order valence-electron chi connectivity index (χ2n) is 3.74. The van der Waals surface area contributed by atoms with Gasteiger partial charge in [0, 0.05) is 25.4 Å². The van der Waals surface area contributed by atoms with Gasteiger partial charge in [0.25, 0.3) is 0 Å². The molecule has 4 nitrogen and oxygen atoms in total. The van der Waals surface area contributed by atoms with Crippen molar-refractivity contribution in [1.82, 2.24) is 9.78 Å². The number of hydrogen-bond acceptors (Lipinski definition) is 3. The van der Waals surface area contributed by atoms with Gasteiger partial charge in [0.1, 0.15) is 0 Å². The van der Waals surface area contributed by atoms with Gasteiger partial charge in [-0.15, -0.1) is 0 Å². The molecule has 0 amide bonds. The zero-order valence-corrected chi connectivity index (χ0v) is 9.86. The summed E-state index contributed by atoms with van der Waals surface area (Å²) < 4.78 is 7.26. The molecule has 0 bridgehead atoms. The van der Waals surface area contributed by atoms with E-state index in [1.165, 1.54) is 0 Å². The first kappa shape index (κ1) is 12.2. The molecule has 0 fully saturated rings. The standard InChI is InChI=1S/C11H21N3O/c1-4-6-15-8-10(12)9-7-14(3)13-11(9)5-2/h7,10H,4-6,8,12H2,1-3H3. The molecule has 4 heteroatoms. The molecule has 1 rings (SSSR count). The van der Waals surface area contributed by atoms with Crippen LogP contribution in [0.2, 0.25) is 0 Å². The van der Waals surface area contributed by atoms with E-state index in [1.807, 2.05) is 17.9 Å². The van der Waals surface area contributed by atoms with Gasteiger partial charge in [-0.05, 0) is 12.8 Å². The number of rotatable bonds is 6. The van der Waals surface area contributed by atoms with E-state index in [1.54, 1.807) is 0 Å². The van der Waals surface area contributed by atoms with Gasteiger partial charge in [-0.3, -0.25) is 4.68 Å². The van der Waals surface area contributed by atoms with Crippen molar-refractivity contribution >= 4 is 0 Å². The van der Waals surface area contributed by atoms with Crippen molar-refractivity contribution in [2.45, 2.75) is 32.7 Å². The molecule has 0 saturated heterocycles. The summed E-state index contributed by atoms with van der Waals surface area (Å²) in [5.74, 6) is 0. The third-order valence-electron chi connectivity index (χ3n) is 2.32. The average Bonchev–Trinajstić information content (AvgIpc) is 2.60. The topological polar surface area (TPSA) is 53.1 Å². The number of aromatic nitrogens is 2. The van der Waals surface area contributed by atoms with Crippen molar-refractivity contribution in [2.75, 3.05) is 13.2 Å². The molecule has 1 aromatic heterocycles. The lowest BCUT2D eigenvalue weighted by atomic mass is 10.1. The number of hydrogen-bond donors (Lipinski definition) is 1. The van der Waals surface area contributed by atoms with Crippen molar-refractivity contribution in [3.8, 4) is 0 Å². The summed E-state index contributed by atoms with van der Waals surface area (Å²) in [5.41, 5.74) is 8.23. The maximum atomic E-state index is 6.05. The molecule has 0 aliphatic rings. The minimum Gasteiger partial charge on any atom is -0.379 e. The minimum absolute atomic E-state index is 0.0554. The zero-order chi connectivity index (χ0) is 11.3. The van der Waals surface area contributed by atoms with Gasteiger partial charge in [-0.2, -0.15) is 5.10 Å². The lowest BCUT2D eigenvalue weighted by Crippen LogP contribution is -2.18. The van der Waals surface area contributed by atoms with Crippen molar-refractivity contribution < 1.29 is 4.74 Å². The zero-order valence-electron chi connectivity index (χ0n) is 9.86. The van der Waals surface area contributed by atoms with E-state index in [0.717, 1.165) is 30.7 Å². The number of nitrogens with zero attached hydrogens (tertiary/aromatic N) is 2. The number of aryl methyl sites for hydroxylation is 2. The predicted molar refractivity (Wildman–Crippen MR) is 60.6 cm³/mol. The summed E-state index contributed by atoms with van der Waals surface area (Å²) >= 11 is 0. The molecule has 1 unspecified atom stereocenters. The number of nitrogens with two attached hydrogens (primary N) is 1. The lowest BCUT2D eigenvalue weighted by molar-refractivity contribution is 0.121. The lowest BCUT2D eigenvalue weighted by Gasteiger charge is -2.11. The molecule has 1 heterocycles. The van der Waals surface area contributed by atoms with Crippen LogP contribution in [0, 0.1) is 0 Å². The third-order valence-corrected chi connectivity index (χ3v) is 2.32. The SMILES string of the molecule is CCCOCC(N)c1cn(C)nc1CC. The van der Waals surface area contributed by atoms with Crippen LogP contribution in [-0.4, -0.2) is 23.0 Å². The fourth-order valence-electron chi connectivity index (χ4n) is 1.58. The second-order valence-corrected chi connectivity index (χ2v) is 3.74. The Balaban J connectivity index is 2.59. The molecule has 0 aliphatic carbocycles. The van der Waals surface area contributed by atoms with E-state index in [2.05, 4.69) is 18.9 Å². The molecule has 0 spiro atoms. The van der Waals surface area contributed by atoms with Crippen LogP contribution in [-0.2, 0) is 18.2 Å². The Hall–Kier alpha value is -0.870. The van der Waals surface area contributed by atoms with Crippen molar-refractivity contribution in [2.24, 2.45) is 12.8 Å². The molecule has 1 atom stereocenters. The molecule has 0 aliphatic heterocycles. The van der Waals surface area contributed by atoms with Crippen molar-refractivity contribution in [3.63, 3.8) is 0 Å². The quantitative estimate of drug-likeness (QED) is 0.724. The minimum atomic E-state index is -0.0554. The van der Waals surface area contributed by atoms with E-state index < -0.39 is 0 Å². The molecule has 86 valence electrons. The van der Waals surface area contributed by atoms with Gasteiger partial charge in [-0.1, -0.05) is 13.8 Å². The molecule has 0 aromatic carbocycles. The Labute approximate surface area is 91.4 Å².